The van der Waals surface area contributed by atoms with Gasteiger partial charge in [-0.2, -0.15) is 0 Å². The number of aromatic nitrogens is 2. The molecule has 1 aromatic heterocycles. The molecule has 0 amide bonds. The Bertz CT molecular complexity index is 982. The van der Waals surface area contributed by atoms with Crippen molar-refractivity contribution in [3.63, 3.8) is 0 Å². The second-order valence-corrected chi connectivity index (χ2v) is 7.55. The Morgan fingerprint density at radius 1 is 0.960 bits per heavy atom. The van der Waals surface area contributed by atoms with Crippen molar-refractivity contribution in [2.24, 2.45) is 0 Å². The van der Waals surface area contributed by atoms with Gasteiger partial charge in [0.15, 0.2) is 0 Å². The fourth-order valence-corrected chi connectivity index (χ4v) is 4.34. The second-order valence-electron chi connectivity index (χ2n) is 5.90. The van der Waals surface area contributed by atoms with Crippen molar-refractivity contribution in [2.45, 2.75) is 16.7 Å². The summed E-state index contributed by atoms with van der Waals surface area (Å²) in [5, 5.41) is 3.56. The van der Waals surface area contributed by atoms with E-state index in [4.69, 9.17) is 11.6 Å². The van der Waals surface area contributed by atoms with Gasteiger partial charge in [-0.25, -0.2) is 4.98 Å². The molecule has 0 fully saturated rings. The molecule has 4 rings (SSSR count). The normalized spacial score (nSPS) is 12.4. The maximum Gasteiger partial charge on any atom is 0.0946 e. The topological polar surface area (TPSA) is 17.8 Å². The molecule has 0 aliphatic rings. The molecule has 1 heterocycles. The van der Waals surface area contributed by atoms with E-state index in [0.717, 1.165) is 16.5 Å². The predicted octanol–water partition coefficient (Wildman–Crippen LogP) is 6.22. The highest BCUT2D eigenvalue weighted by atomic mass is 35.5. The first-order valence-electron chi connectivity index (χ1n) is 8.15. The average Bonchev–Trinajstić information content (AvgIpc) is 3.16. The Kier molecular flexibility index (Phi) is 4.77. The summed E-state index contributed by atoms with van der Waals surface area (Å²) in [4.78, 5) is 5.27. The number of benzene rings is 3. The zero-order valence-electron chi connectivity index (χ0n) is 13.5. The third-order valence-electron chi connectivity index (χ3n) is 4.19. The number of thioether (sulfide) groups is 1. The van der Waals surface area contributed by atoms with Crippen LogP contribution < -0.4 is 0 Å². The van der Waals surface area contributed by atoms with E-state index >= 15 is 0 Å². The third kappa shape index (κ3) is 3.73. The van der Waals surface area contributed by atoms with Crippen molar-refractivity contribution < 1.29 is 0 Å². The summed E-state index contributed by atoms with van der Waals surface area (Å²) in [5.74, 6) is 0. The van der Waals surface area contributed by atoms with Crippen molar-refractivity contribution in [1.29, 1.82) is 0 Å². The standard InChI is InChI=1S/C21H17ClN2S/c22-19-7-3-4-8-20(19)25-21(14-24-12-11-23-15-24)18-10-9-16-5-1-2-6-17(16)13-18/h1-13,15,21H,14H2. The molecule has 0 radical (unpaired) electrons. The number of fused-ring (bicyclic) bond motifs is 1. The van der Waals surface area contributed by atoms with Crippen molar-refractivity contribution in [2.75, 3.05) is 0 Å². The fraction of sp³-hybridized carbons (Fsp3) is 0.0952. The smallest absolute Gasteiger partial charge is 0.0946 e. The van der Waals surface area contributed by atoms with E-state index in [1.165, 1.54) is 16.3 Å². The molecule has 0 spiro atoms. The van der Waals surface area contributed by atoms with E-state index in [9.17, 15) is 0 Å². The number of hydrogen-bond acceptors (Lipinski definition) is 2. The van der Waals surface area contributed by atoms with Crippen LogP contribution in [-0.4, -0.2) is 9.55 Å². The maximum absolute atomic E-state index is 6.39. The number of imidazole rings is 1. The van der Waals surface area contributed by atoms with Gasteiger partial charge in [0.2, 0.25) is 0 Å². The molecular weight excluding hydrogens is 348 g/mol. The van der Waals surface area contributed by atoms with Crippen LogP contribution in [0.1, 0.15) is 10.8 Å². The highest BCUT2D eigenvalue weighted by Crippen LogP contribution is 2.40. The van der Waals surface area contributed by atoms with Crippen LogP contribution in [0.3, 0.4) is 0 Å². The fourth-order valence-electron chi connectivity index (χ4n) is 2.90. The molecule has 3 aromatic carbocycles. The molecule has 2 nitrogen and oxygen atoms in total. The summed E-state index contributed by atoms with van der Waals surface area (Å²) in [5.41, 5.74) is 1.29. The van der Waals surface area contributed by atoms with Gasteiger partial charge in [-0.05, 0) is 34.5 Å². The molecule has 4 aromatic rings. The Balaban J connectivity index is 1.71. The predicted molar refractivity (Wildman–Crippen MR) is 106 cm³/mol. The van der Waals surface area contributed by atoms with Crippen LogP contribution in [0.15, 0.2) is 90.3 Å². The third-order valence-corrected chi connectivity index (χ3v) is 5.94. The van der Waals surface area contributed by atoms with Gasteiger partial charge in [0.1, 0.15) is 0 Å². The van der Waals surface area contributed by atoms with Crippen LogP contribution >= 0.6 is 23.4 Å². The summed E-state index contributed by atoms with van der Waals surface area (Å²) >= 11 is 8.19. The van der Waals surface area contributed by atoms with Crippen molar-refractivity contribution in [3.05, 3.63) is 96.0 Å². The molecular formula is C21H17ClN2S. The quantitative estimate of drug-likeness (QED) is 0.391. The van der Waals surface area contributed by atoms with Gasteiger partial charge >= 0.3 is 0 Å². The Hall–Kier alpha value is -2.23. The Labute approximate surface area is 156 Å². The van der Waals surface area contributed by atoms with Gasteiger partial charge in [0.25, 0.3) is 0 Å². The molecule has 0 N–H and O–H groups in total. The summed E-state index contributed by atoms with van der Waals surface area (Å²) < 4.78 is 2.11. The van der Waals surface area contributed by atoms with Crippen LogP contribution in [0.25, 0.3) is 10.8 Å². The van der Waals surface area contributed by atoms with Crippen LogP contribution in [-0.2, 0) is 6.54 Å². The van der Waals surface area contributed by atoms with Gasteiger partial charge in [-0.15, -0.1) is 11.8 Å². The van der Waals surface area contributed by atoms with E-state index in [2.05, 4.69) is 58.1 Å². The number of halogens is 1. The minimum absolute atomic E-state index is 0.249. The lowest BCUT2D eigenvalue weighted by Crippen LogP contribution is -2.05. The first-order valence-corrected chi connectivity index (χ1v) is 9.41. The molecule has 25 heavy (non-hydrogen) atoms. The zero-order valence-corrected chi connectivity index (χ0v) is 15.1. The van der Waals surface area contributed by atoms with Crippen LogP contribution in [0.5, 0.6) is 0 Å². The van der Waals surface area contributed by atoms with Crippen LogP contribution in [0.4, 0.5) is 0 Å². The summed E-state index contributed by atoms with van der Waals surface area (Å²) in [6, 6.07) is 23.2. The second kappa shape index (κ2) is 7.34. The summed E-state index contributed by atoms with van der Waals surface area (Å²) in [7, 11) is 0. The zero-order chi connectivity index (χ0) is 17.1. The molecule has 0 saturated carbocycles. The molecule has 0 bridgehead atoms. The SMILES string of the molecule is Clc1ccccc1SC(Cn1ccnc1)c1ccc2ccccc2c1. The van der Waals surface area contributed by atoms with E-state index < -0.39 is 0 Å². The largest absolute Gasteiger partial charge is 0.336 e. The van der Waals surface area contributed by atoms with E-state index in [1.807, 2.05) is 36.9 Å². The highest BCUT2D eigenvalue weighted by molar-refractivity contribution is 7.99. The number of rotatable bonds is 5. The van der Waals surface area contributed by atoms with Crippen LogP contribution in [0.2, 0.25) is 5.02 Å². The van der Waals surface area contributed by atoms with E-state index in [1.54, 1.807) is 11.8 Å². The molecule has 124 valence electrons. The first-order chi connectivity index (χ1) is 12.3. The molecule has 0 aliphatic carbocycles. The Morgan fingerprint density at radius 2 is 1.76 bits per heavy atom. The lowest BCUT2D eigenvalue weighted by atomic mass is 10.0. The van der Waals surface area contributed by atoms with Gasteiger partial charge < -0.3 is 4.57 Å². The van der Waals surface area contributed by atoms with Gasteiger partial charge in [-0.1, -0.05) is 60.1 Å². The number of hydrogen-bond donors (Lipinski definition) is 0. The monoisotopic (exact) mass is 364 g/mol. The minimum atomic E-state index is 0.249. The van der Waals surface area contributed by atoms with Crippen molar-refractivity contribution >= 4 is 34.1 Å². The van der Waals surface area contributed by atoms with Gasteiger partial charge in [0, 0.05) is 23.8 Å². The lowest BCUT2D eigenvalue weighted by Gasteiger charge is -2.19. The maximum atomic E-state index is 6.39. The lowest BCUT2D eigenvalue weighted by molar-refractivity contribution is 0.684. The van der Waals surface area contributed by atoms with Crippen molar-refractivity contribution in [3.8, 4) is 0 Å². The number of nitrogens with zero attached hydrogens (tertiary/aromatic N) is 2. The molecule has 0 saturated heterocycles. The summed E-state index contributed by atoms with van der Waals surface area (Å²) in [6.45, 7) is 0.841. The molecule has 4 heteroatoms. The highest BCUT2D eigenvalue weighted by Gasteiger charge is 2.16. The van der Waals surface area contributed by atoms with Crippen molar-refractivity contribution in [1.82, 2.24) is 9.55 Å². The minimum Gasteiger partial charge on any atom is -0.336 e. The van der Waals surface area contributed by atoms with E-state index in [0.29, 0.717) is 0 Å². The molecule has 1 atom stereocenters. The molecule has 0 aliphatic heterocycles. The van der Waals surface area contributed by atoms with E-state index in [-0.39, 0.29) is 5.25 Å². The van der Waals surface area contributed by atoms with Gasteiger partial charge in [0.05, 0.1) is 16.6 Å². The average molecular weight is 365 g/mol. The van der Waals surface area contributed by atoms with Gasteiger partial charge in [-0.3, -0.25) is 0 Å². The first kappa shape index (κ1) is 16.2. The molecule has 1 unspecified atom stereocenters. The van der Waals surface area contributed by atoms with Crippen LogP contribution in [0, 0.1) is 0 Å². The summed E-state index contributed by atoms with van der Waals surface area (Å²) in [6.07, 6.45) is 5.68. The Morgan fingerprint density at radius 3 is 2.56 bits per heavy atom.